The Morgan fingerprint density at radius 3 is 2.74 bits per heavy atom. The second-order valence-corrected chi connectivity index (χ2v) is 9.14. The molecule has 0 radical (unpaired) electrons. The summed E-state index contributed by atoms with van der Waals surface area (Å²) in [5, 5.41) is 6.43. The van der Waals surface area contributed by atoms with Crippen molar-refractivity contribution < 1.29 is 14.3 Å². The van der Waals surface area contributed by atoms with Gasteiger partial charge < -0.3 is 25.8 Å². The molecule has 5 rings (SSSR count). The molecule has 9 nitrogen and oxygen atoms in total. The van der Waals surface area contributed by atoms with Crippen LogP contribution in [0, 0.1) is 0 Å². The zero-order valence-corrected chi connectivity index (χ0v) is 20.3. The van der Waals surface area contributed by atoms with Crippen LogP contribution < -0.4 is 21.1 Å². The van der Waals surface area contributed by atoms with Crippen LogP contribution in [0.4, 0.5) is 23.1 Å². The molecule has 0 bridgehead atoms. The van der Waals surface area contributed by atoms with Gasteiger partial charge in [0.2, 0.25) is 5.95 Å². The number of benzene rings is 2. The topological polar surface area (TPSA) is 115 Å². The highest BCUT2D eigenvalue weighted by Gasteiger charge is 2.29. The van der Waals surface area contributed by atoms with E-state index in [2.05, 4.69) is 53.6 Å². The Morgan fingerprint density at radius 2 is 2.03 bits per heavy atom. The van der Waals surface area contributed by atoms with Gasteiger partial charge >= 0.3 is 0 Å². The fraction of sp³-hybridized carbons (Fsp3) is 0.292. The van der Waals surface area contributed by atoms with Crippen molar-refractivity contribution in [3.63, 3.8) is 0 Å². The van der Waals surface area contributed by atoms with Gasteiger partial charge in [0.1, 0.15) is 17.1 Å². The van der Waals surface area contributed by atoms with Gasteiger partial charge in [0.25, 0.3) is 5.91 Å². The van der Waals surface area contributed by atoms with Crippen molar-refractivity contribution in [3.05, 3.63) is 63.8 Å². The first-order valence-corrected chi connectivity index (χ1v) is 11.8. The zero-order valence-electron chi connectivity index (χ0n) is 18.7. The van der Waals surface area contributed by atoms with Gasteiger partial charge in [-0.25, -0.2) is 4.98 Å². The molecule has 0 spiro atoms. The van der Waals surface area contributed by atoms with Gasteiger partial charge in [0.05, 0.1) is 37.7 Å². The van der Waals surface area contributed by atoms with Crippen LogP contribution in [-0.4, -0.2) is 53.7 Å². The summed E-state index contributed by atoms with van der Waals surface area (Å²) in [5.74, 6) is 0.720. The number of ether oxygens (including phenoxy) is 2. The molecule has 1 amide bonds. The van der Waals surface area contributed by atoms with Crippen LogP contribution in [0.3, 0.4) is 0 Å². The predicted octanol–water partition coefficient (Wildman–Crippen LogP) is 3.59. The Kier molecular flexibility index (Phi) is 6.36. The molecule has 2 aromatic carbocycles. The summed E-state index contributed by atoms with van der Waals surface area (Å²) in [4.78, 5) is 23.3. The fourth-order valence-corrected chi connectivity index (χ4v) is 4.53. The molecule has 0 atom stereocenters. The summed E-state index contributed by atoms with van der Waals surface area (Å²) >= 11 is 3.50. The maximum Gasteiger partial charge on any atom is 0.254 e. The minimum atomic E-state index is -0.618. The van der Waals surface area contributed by atoms with Crippen LogP contribution in [0.25, 0.3) is 0 Å². The first-order chi connectivity index (χ1) is 16.5. The van der Waals surface area contributed by atoms with Crippen molar-refractivity contribution in [1.82, 2.24) is 14.9 Å². The molecule has 2 aliphatic rings. The van der Waals surface area contributed by atoms with E-state index in [9.17, 15) is 4.79 Å². The van der Waals surface area contributed by atoms with Crippen molar-refractivity contribution in [2.45, 2.75) is 19.0 Å². The van der Waals surface area contributed by atoms with Gasteiger partial charge in [-0.1, -0.05) is 12.1 Å². The third kappa shape index (κ3) is 4.56. The number of nitrogens with two attached hydrogens (primary N) is 1. The minimum absolute atomic E-state index is 0.192. The van der Waals surface area contributed by atoms with Gasteiger partial charge in [0, 0.05) is 23.8 Å². The third-order valence-electron chi connectivity index (χ3n) is 6.13. The van der Waals surface area contributed by atoms with E-state index in [1.54, 1.807) is 7.11 Å². The molecule has 2 aliphatic heterocycles. The lowest BCUT2D eigenvalue weighted by Gasteiger charge is -2.40. The molecule has 0 aliphatic carbocycles. The quantitative estimate of drug-likeness (QED) is 0.429. The number of nitrogens with one attached hydrogen (secondary N) is 2. The van der Waals surface area contributed by atoms with E-state index in [-0.39, 0.29) is 5.56 Å². The molecule has 1 fully saturated rings. The molecule has 4 N–H and O–H groups in total. The SMILES string of the molecule is COc1cc2c(cc1Nc1ncc(C(N)=O)c(Nc3ccccc3Br)n1)CN(C1COC1)CC2. The van der Waals surface area contributed by atoms with E-state index in [1.165, 1.54) is 17.3 Å². The summed E-state index contributed by atoms with van der Waals surface area (Å²) in [6, 6.07) is 12.2. The summed E-state index contributed by atoms with van der Waals surface area (Å²) in [6.45, 7) is 3.46. The fourth-order valence-electron chi connectivity index (χ4n) is 4.15. The zero-order chi connectivity index (χ0) is 23.7. The normalized spacial score (nSPS) is 15.8. The monoisotopic (exact) mass is 524 g/mol. The highest BCUT2D eigenvalue weighted by Crippen LogP contribution is 2.34. The highest BCUT2D eigenvalue weighted by atomic mass is 79.9. The Bertz CT molecular complexity index is 1230. The average Bonchev–Trinajstić information content (AvgIpc) is 2.79. The van der Waals surface area contributed by atoms with Crippen LogP contribution in [-0.2, 0) is 17.7 Å². The van der Waals surface area contributed by atoms with Crippen LogP contribution in [0.1, 0.15) is 21.5 Å². The molecule has 0 saturated carbocycles. The maximum atomic E-state index is 12.0. The average molecular weight is 525 g/mol. The number of aromatic nitrogens is 2. The van der Waals surface area contributed by atoms with E-state index >= 15 is 0 Å². The Morgan fingerprint density at radius 1 is 1.21 bits per heavy atom. The Balaban J connectivity index is 1.44. The number of rotatable bonds is 7. The van der Waals surface area contributed by atoms with E-state index in [1.807, 2.05) is 24.3 Å². The van der Waals surface area contributed by atoms with Gasteiger partial charge in [0.15, 0.2) is 0 Å². The van der Waals surface area contributed by atoms with Crippen molar-refractivity contribution in [2.24, 2.45) is 5.73 Å². The second-order valence-electron chi connectivity index (χ2n) is 8.28. The van der Waals surface area contributed by atoms with Crippen molar-refractivity contribution in [2.75, 3.05) is 37.5 Å². The van der Waals surface area contributed by atoms with Gasteiger partial charge in [-0.3, -0.25) is 9.69 Å². The minimum Gasteiger partial charge on any atom is -0.495 e. The lowest BCUT2D eigenvalue weighted by molar-refractivity contribution is -0.0695. The van der Waals surface area contributed by atoms with Gasteiger partial charge in [-0.2, -0.15) is 4.98 Å². The standard InChI is InChI=1S/C24H25BrN6O3/c1-33-21-9-14-6-7-31(16-12-34-13-16)11-15(14)8-20(21)29-24-27-10-17(22(26)32)23(30-24)28-19-5-3-2-4-18(19)25/h2-5,8-10,16H,6-7,11-13H2,1H3,(H2,26,32)(H2,27,28,29,30). The number of primary amides is 1. The number of para-hydroxylation sites is 1. The highest BCUT2D eigenvalue weighted by molar-refractivity contribution is 9.10. The molecule has 1 saturated heterocycles. The van der Waals surface area contributed by atoms with Crippen molar-refractivity contribution >= 4 is 45.0 Å². The van der Waals surface area contributed by atoms with Crippen molar-refractivity contribution in [1.29, 1.82) is 0 Å². The third-order valence-corrected chi connectivity index (χ3v) is 6.82. The molecule has 34 heavy (non-hydrogen) atoms. The molecule has 3 aromatic rings. The number of methoxy groups -OCH3 is 1. The molecule has 10 heteroatoms. The molecule has 3 heterocycles. The van der Waals surface area contributed by atoms with Crippen LogP contribution in [0.2, 0.25) is 0 Å². The number of nitrogens with zero attached hydrogens (tertiary/aromatic N) is 3. The largest absolute Gasteiger partial charge is 0.495 e. The number of hydrogen-bond donors (Lipinski definition) is 3. The molecular weight excluding hydrogens is 500 g/mol. The number of anilines is 4. The molecule has 0 unspecified atom stereocenters. The number of fused-ring (bicyclic) bond motifs is 1. The Labute approximate surface area is 205 Å². The number of carbonyl (C=O) groups excluding carboxylic acids is 1. The lowest BCUT2D eigenvalue weighted by Crippen LogP contribution is -2.50. The molecular formula is C24H25BrN6O3. The van der Waals surface area contributed by atoms with Gasteiger partial charge in [-0.05, 0) is 57.7 Å². The predicted molar refractivity (Wildman–Crippen MR) is 133 cm³/mol. The van der Waals surface area contributed by atoms with Crippen LogP contribution in [0.15, 0.2) is 47.1 Å². The summed E-state index contributed by atoms with van der Waals surface area (Å²) in [5.41, 5.74) is 9.77. The summed E-state index contributed by atoms with van der Waals surface area (Å²) in [6.07, 6.45) is 2.38. The maximum absolute atomic E-state index is 12.0. The number of hydrogen-bond acceptors (Lipinski definition) is 8. The number of amides is 1. The molecule has 1 aromatic heterocycles. The van der Waals surface area contributed by atoms with Crippen molar-refractivity contribution in [3.8, 4) is 5.75 Å². The van der Waals surface area contributed by atoms with E-state index < -0.39 is 5.91 Å². The lowest BCUT2D eigenvalue weighted by atomic mass is 9.97. The van der Waals surface area contributed by atoms with E-state index in [4.69, 9.17) is 15.2 Å². The smallest absolute Gasteiger partial charge is 0.254 e. The first-order valence-electron chi connectivity index (χ1n) is 11.0. The van der Waals surface area contributed by atoms with E-state index in [0.29, 0.717) is 23.6 Å². The summed E-state index contributed by atoms with van der Waals surface area (Å²) in [7, 11) is 1.64. The number of halogens is 1. The van der Waals surface area contributed by atoms with Gasteiger partial charge in [-0.15, -0.1) is 0 Å². The Hall–Kier alpha value is -3.21. The molecule has 176 valence electrons. The van der Waals surface area contributed by atoms with E-state index in [0.717, 1.165) is 48.6 Å². The summed E-state index contributed by atoms with van der Waals surface area (Å²) < 4.78 is 11.8. The van der Waals surface area contributed by atoms with Crippen LogP contribution in [0.5, 0.6) is 5.75 Å². The number of carbonyl (C=O) groups is 1. The second kappa shape index (κ2) is 9.57. The first kappa shape index (κ1) is 22.6. The van der Waals surface area contributed by atoms with Crippen LogP contribution >= 0.6 is 15.9 Å².